The van der Waals surface area contributed by atoms with Gasteiger partial charge in [-0.3, -0.25) is 4.90 Å². The Morgan fingerprint density at radius 3 is 2.76 bits per heavy atom. The summed E-state index contributed by atoms with van der Waals surface area (Å²) in [7, 11) is 0. The molecule has 0 saturated heterocycles. The molecule has 3 heterocycles. The van der Waals surface area contributed by atoms with E-state index in [0.29, 0.717) is 23.7 Å². The molecule has 1 aliphatic rings. The van der Waals surface area contributed by atoms with Crippen molar-refractivity contribution in [1.29, 1.82) is 0 Å². The van der Waals surface area contributed by atoms with Crippen LogP contribution in [0.25, 0.3) is 5.65 Å². The standard InChI is InChI=1S/C22H18N4O3/c27-22(24-16-9-10-19-20(12-16)29-15-28-19)26(17-6-2-1-3-7-17)14-18-13-23-21-8-4-5-11-25(18)21/h1-13H,14-15H2,(H,24,27). The van der Waals surface area contributed by atoms with Gasteiger partial charge in [-0.15, -0.1) is 0 Å². The number of nitrogens with zero attached hydrogens (tertiary/aromatic N) is 3. The quantitative estimate of drug-likeness (QED) is 0.568. The van der Waals surface area contributed by atoms with Crippen LogP contribution in [0.5, 0.6) is 11.5 Å². The molecule has 7 heteroatoms. The van der Waals surface area contributed by atoms with Gasteiger partial charge in [0.15, 0.2) is 11.5 Å². The molecule has 2 aromatic heterocycles. The normalized spacial score (nSPS) is 12.1. The number of hydrogen-bond acceptors (Lipinski definition) is 4. The van der Waals surface area contributed by atoms with E-state index in [9.17, 15) is 4.79 Å². The van der Waals surface area contributed by atoms with Crippen LogP contribution in [0.3, 0.4) is 0 Å². The molecule has 7 nitrogen and oxygen atoms in total. The molecule has 0 saturated carbocycles. The van der Waals surface area contributed by atoms with Crippen molar-refractivity contribution in [3.8, 4) is 11.5 Å². The molecule has 1 N–H and O–H groups in total. The van der Waals surface area contributed by atoms with Gasteiger partial charge in [0.1, 0.15) is 5.65 Å². The topological polar surface area (TPSA) is 68.1 Å². The van der Waals surface area contributed by atoms with Gasteiger partial charge >= 0.3 is 6.03 Å². The van der Waals surface area contributed by atoms with Crippen molar-refractivity contribution >= 4 is 23.1 Å². The summed E-state index contributed by atoms with van der Waals surface area (Å²) in [5.74, 6) is 1.30. The molecule has 0 unspecified atom stereocenters. The molecule has 29 heavy (non-hydrogen) atoms. The summed E-state index contributed by atoms with van der Waals surface area (Å²) in [6.07, 6.45) is 3.73. The van der Waals surface area contributed by atoms with Gasteiger partial charge in [-0.1, -0.05) is 24.3 Å². The number of imidazole rings is 1. The molecule has 0 bridgehead atoms. The number of para-hydroxylation sites is 1. The smallest absolute Gasteiger partial charge is 0.326 e. The van der Waals surface area contributed by atoms with Crippen LogP contribution < -0.4 is 19.7 Å². The number of carbonyl (C=O) groups is 1. The first kappa shape index (κ1) is 17.1. The lowest BCUT2D eigenvalue weighted by Gasteiger charge is -2.23. The van der Waals surface area contributed by atoms with Gasteiger partial charge in [-0.2, -0.15) is 0 Å². The molecule has 144 valence electrons. The van der Waals surface area contributed by atoms with Gasteiger partial charge in [0.2, 0.25) is 6.79 Å². The fraction of sp³-hybridized carbons (Fsp3) is 0.0909. The van der Waals surface area contributed by atoms with E-state index in [1.54, 1.807) is 29.3 Å². The number of amides is 2. The number of urea groups is 1. The number of nitrogens with one attached hydrogen (secondary N) is 1. The highest BCUT2D eigenvalue weighted by molar-refractivity contribution is 6.01. The summed E-state index contributed by atoms with van der Waals surface area (Å²) in [6, 6.07) is 20.5. The summed E-state index contributed by atoms with van der Waals surface area (Å²) >= 11 is 0. The highest BCUT2D eigenvalue weighted by atomic mass is 16.7. The number of benzene rings is 2. The molecule has 1 aliphatic heterocycles. The predicted molar refractivity (Wildman–Crippen MR) is 109 cm³/mol. The van der Waals surface area contributed by atoms with Crippen LogP contribution in [0.4, 0.5) is 16.2 Å². The zero-order valence-corrected chi connectivity index (χ0v) is 15.5. The highest BCUT2D eigenvalue weighted by Crippen LogP contribution is 2.34. The Kier molecular flexibility index (Phi) is 4.25. The zero-order chi connectivity index (χ0) is 19.6. The second-order valence-electron chi connectivity index (χ2n) is 6.60. The maximum atomic E-state index is 13.2. The van der Waals surface area contributed by atoms with Crippen molar-refractivity contribution in [3.63, 3.8) is 0 Å². The molecule has 0 spiro atoms. The van der Waals surface area contributed by atoms with E-state index < -0.39 is 0 Å². The first-order chi connectivity index (χ1) is 14.3. The van der Waals surface area contributed by atoms with Crippen LogP contribution in [0, 0.1) is 0 Å². The second-order valence-corrected chi connectivity index (χ2v) is 6.60. The van der Waals surface area contributed by atoms with E-state index in [2.05, 4.69) is 10.3 Å². The molecule has 0 radical (unpaired) electrons. The Labute approximate surface area is 167 Å². The van der Waals surface area contributed by atoms with Gasteiger partial charge in [-0.25, -0.2) is 9.78 Å². The minimum absolute atomic E-state index is 0.192. The fourth-order valence-electron chi connectivity index (χ4n) is 3.32. The third-order valence-electron chi connectivity index (χ3n) is 4.75. The minimum Gasteiger partial charge on any atom is -0.454 e. The average Bonchev–Trinajstić information content (AvgIpc) is 3.39. The van der Waals surface area contributed by atoms with E-state index in [4.69, 9.17) is 9.47 Å². The summed E-state index contributed by atoms with van der Waals surface area (Å²) in [5, 5.41) is 2.95. The molecule has 2 amide bonds. The number of hydrogen-bond donors (Lipinski definition) is 1. The van der Waals surface area contributed by atoms with Crippen molar-refractivity contribution in [2.75, 3.05) is 17.0 Å². The summed E-state index contributed by atoms with van der Waals surface area (Å²) in [6.45, 7) is 0.558. The third-order valence-corrected chi connectivity index (χ3v) is 4.75. The summed E-state index contributed by atoms with van der Waals surface area (Å²) < 4.78 is 12.7. The van der Waals surface area contributed by atoms with Gasteiger partial charge in [0, 0.05) is 23.6 Å². The van der Waals surface area contributed by atoms with Crippen molar-refractivity contribution in [3.05, 3.63) is 84.8 Å². The number of fused-ring (bicyclic) bond motifs is 2. The van der Waals surface area contributed by atoms with E-state index in [-0.39, 0.29) is 12.8 Å². The third kappa shape index (κ3) is 3.34. The lowest BCUT2D eigenvalue weighted by Crippen LogP contribution is -2.34. The van der Waals surface area contributed by atoms with Crippen LogP contribution in [-0.2, 0) is 6.54 Å². The monoisotopic (exact) mass is 386 g/mol. The largest absolute Gasteiger partial charge is 0.454 e. The van der Waals surface area contributed by atoms with Crippen LogP contribution >= 0.6 is 0 Å². The van der Waals surface area contributed by atoms with Crippen LogP contribution in [0.1, 0.15) is 5.69 Å². The molecule has 0 aliphatic carbocycles. The van der Waals surface area contributed by atoms with Crippen molar-refractivity contribution in [2.45, 2.75) is 6.54 Å². The molecular formula is C22H18N4O3. The summed E-state index contributed by atoms with van der Waals surface area (Å²) in [5.41, 5.74) is 3.17. The van der Waals surface area contributed by atoms with E-state index in [1.165, 1.54) is 0 Å². The van der Waals surface area contributed by atoms with E-state index in [0.717, 1.165) is 17.0 Å². The van der Waals surface area contributed by atoms with E-state index in [1.807, 2.05) is 59.1 Å². The zero-order valence-electron chi connectivity index (χ0n) is 15.5. The number of carbonyl (C=O) groups excluding carboxylic acids is 1. The van der Waals surface area contributed by atoms with Gasteiger partial charge in [-0.05, 0) is 36.4 Å². The molecule has 0 fully saturated rings. The van der Waals surface area contributed by atoms with Crippen LogP contribution in [-0.4, -0.2) is 22.2 Å². The SMILES string of the molecule is O=C(Nc1ccc2c(c1)OCO2)N(Cc1cnc2ccccn12)c1ccccc1. The minimum atomic E-state index is -0.249. The average molecular weight is 386 g/mol. The van der Waals surface area contributed by atoms with Crippen molar-refractivity contribution < 1.29 is 14.3 Å². The maximum absolute atomic E-state index is 13.2. The predicted octanol–water partition coefficient (Wildman–Crippen LogP) is 4.30. The Bertz CT molecular complexity index is 1170. The van der Waals surface area contributed by atoms with Gasteiger partial charge < -0.3 is 19.2 Å². The lowest BCUT2D eigenvalue weighted by atomic mass is 10.2. The number of ether oxygens (including phenoxy) is 2. The van der Waals surface area contributed by atoms with Crippen molar-refractivity contribution in [1.82, 2.24) is 9.38 Å². The number of anilines is 2. The molecule has 2 aromatic carbocycles. The van der Waals surface area contributed by atoms with Crippen LogP contribution in [0.2, 0.25) is 0 Å². The molecule has 0 atom stereocenters. The lowest BCUT2D eigenvalue weighted by molar-refractivity contribution is 0.174. The van der Waals surface area contributed by atoms with Gasteiger partial charge in [0.25, 0.3) is 0 Å². The van der Waals surface area contributed by atoms with Gasteiger partial charge in [0.05, 0.1) is 18.4 Å². The Balaban J connectivity index is 1.45. The number of rotatable bonds is 4. The first-order valence-corrected chi connectivity index (χ1v) is 9.22. The summed E-state index contributed by atoms with van der Waals surface area (Å²) in [4.78, 5) is 19.3. The van der Waals surface area contributed by atoms with E-state index >= 15 is 0 Å². The van der Waals surface area contributed by atoms with Crippen LogP contribution in [0.15, 0.2) is 79.1 Å². The number of aromatic nitrogens is 2. The van der Waals surface area contributed by atoms with Crippen molar-refractivity contribution in [2.24, 2.45) is 0 Å². The number of pyridine rings is 1. The molecule has 5 rings (SSSR count). The first-order valence-electron chi connectivity index (χ1n) is 9.22. The Hall–Kier alpha value is -4.00. The highest BCUT2D eigenvalue weighted by Gasteiger charge is 2.20. The molecule has 4 aromatic rings. The second kappa shape index (κ2) is 7.20. The fourth-order valence-corrected chi connectivity index (χ4v) is 3.32. The Morgan fingerprint density at radius 1 is 1.03 bits per heavy atom. The maximum Gasteiger partial charge on any atom is 0.326 e. The Morgan fingerprint density at radius 2 is 1.86 bits per heavy atom. The molecular weight excluding hydrogens is 368 g/mol.